The maximum atomic E-state index is 12.2. The molecular formula is C19H21ClN4O3. The second-order valence-electron chi connectivity index (χ2n) is 6.53. The van der Waals surface area contributed by atoms with Crippen molar-refractivity contribution in [1.82, 2.24) is 9.80 Å². The molecule has 7 nitrogen and oxygen atoms in total. The zero-order valence-electron chi connectivity index (χ0n) is 14.8. The van der Waals surface area contributed by atoms with Gasteiger partial charge in [-0.3, -0.25) is 24.7 Å². The van der Waals surface area contributed by atoms with Gasteiger partial charge in [0, 0.05) is 55.6 Å². The number of nitrogens with zero attached hydrogens (tertiary/aromatic N) is 3. The second-order valence-corrected chi connectivity index (χ2v) is 6.97. The summed E-state index contributed by atoms with van der Waals surface area (Å²) in [4.78, 5) is 27.0. The highest BCUT2D eigenvalue weighted by Gasteiger charge is 2.19. The fraction of sp³-hybridized carbons (Fsp3) is 0.316. The summed E-state index contributed by atoms with van der Waals surface area (Å²) in [6, 6.07) is 13.8. The van der Waals surface area contributed by atoms with Crippen LogP contribution in [-0.4, -0.2) is 53.4 Å². The lowest BCUT2D eigenvalue weighted by Gasteiger charge is -2.34. The van der Waals surface area contributed by atoms with E-state index in [2.05, 4.69) is 15.1 Å². The van der Waals surface area contributed by atoms with Crippen LogP contribution in [0.3, 0.4) is 0 Å². The minimum atomic E-state index is -0.477. The lowest BCUT2D eigenvalue weighted by molar-refractivity contribution is -0.384. The van der Waals surface area contributed by atoms with Gasteiger partial charge >= 0.3 is 0 Å². The first-order valence-corrected chi connectivity index (χ1v) is 9.11. The van der Waals surface area contributed by atoms with E-state index in [9.17, 15) is 14.9 Å². The number of piperazine rings is 1. The Kier molecular flexibility index (Phi) is 6.39. The van der Waals surface area contributed by atoms with Gasteiger partial charge in [-0.15, -0.1) is 0 Å². The van der Waals surface area contributed by atoms with Crippen molar-refractivity contribution in [3.8, 4) is 0 Å². The number of nitro groups is 1. The molecule has 1 heterocycles. The molecule has 2 aromatic rings. The fourth-order valence-electron chi connectivity index (χ4n) is 3.05. The summed E-state index contributed by atoms with van der Waals surface area (Å²) in [5.74, 6) is -0.165. The summed E-state index contributed by atoms with van der Waals surface area (Å²) in [6.07, 6.45) is 0. The van der Waals surface area contributed by atoms with Crippen LogP contribution >= 0.6 is 11.6 Å². The molecule has 1 amide bonds. The number of carbonyl (C=O) groups excluding carboxylic acids is 1. The normalized spacial score (nSPS) is 15.4. The van der Waals surface area contributed by atoms with Crippen molar-refractivity contribution in [1.29, 1.82) is 0 Å². The first kappa shape index (κ1) is 19.3. The van der Waals surface area contributed by atoms with Gasteiger partial charge in [0.15, 0.2) is 0 Å². The maximum Gasteiger partial charge on any atom is 0.271 e. The average molecular weight is 389 g/mol. The molecule has 0 radical (unpaired) electrons. The first-order chi connectivity index (χ1) is 13.0. The maximum absolute atomic E-state index is 12.2. The van der Waals surface area contributed by atoms with Crippen LogP contribution in [0.1, 0.15) is 5.56 Å². The van der Waals surface area contributed by atoms with E-state index in [-0.39, 0.29) is 18.1 Å². The summed E-state index contributed by atoms with van der Waals surface area (Å²) in [6.45, 7) is 4.51. The van der Waals surface area contributed by atoms with E-state index >= 15 is 0 Å². The molecule has 0 unspecified atom stereocenters. The largest absolute Gasteiger partial charge is 0.325 e. The lowest BCUT2D eigenvalue weighted by Crippen LogP contribution is -2.48. The molecular weight excluding hydrogens is 368 g/mol. The predicted octanol–water partition coefficient (Wildman–Crippen LogP) is 3.00. The van der Waals surface area contributed by atoms with Crippen molar-refractivity contribution in [3.05, 3.63) is 69.2 Å². The first-order valence-electron chi connectivity index (χ1n) is 8.73. The van der Waals surface area contributed by atoms with Gasteiger partial charge in [-0.1, -0.05) is 29.8 Å². The van der Waals surface area contributed by atoms with Gasteiger partial charge in [0.2, 0.25) is 5.91 Å². The highest BCUT2D eigenvalue weighted by molar-refractivity contribution is 6.30. The number of nitro benzene ring substituents is 1. The van der Waals surface area contributed by atoms with Crippen LogP contribution in [-0.2, 0) is 11.3 Å². The number of carbonyl (C=O) groups is 1. The summed E-state index contributed by atoms with van der Waals surface area (Å²) in [7, 11) is 0. The monoisotopic (exact) mass is 388 g/mol. The van der Waals surface area contributed by atoms with Gasteiger partial charge in [0.25, 0.3) is 5.69 Å². The molecule has 2 aromatic carbocycles. The number of halogens is 1. The number of amides is 1. The van der Waals surface area contributed by atoms with Gasteiger partial charge in [-0.25, -0.2) is 0 Å². The van der Waals surface area contributed by atoms with Crippen molar-refractivity contribution in [2.45, 2.75) is 6.54 Å². The molecule has 3 rings (SSSR count). The van der Waals surface area contributed by atoms with Gasteiger partial charge in [0.05, 0.1) is 11.5 Å². The SMILES string of the molecule is O=C(CN1CCN(Cc2ccc(Cl)cc2)CC1)Nc1cccc([N+](=O)[O-])c1. The summed E-state index contributed by atoms with van der Waals surface area (Å²) < 4.78 is 0. The zero-order valence-corrected chi connectivity index (χ0v) is 15.6. The van der Waals surface area contributed by atoms with Crippen molar-refractivity contribution in [2.75, 3.05) is 38.0 Å². The van der Waals surface area contributed by atoms with Crippen LogP contribution in [0.2, 0.25) is 5.02 Å². The molecule has 1 aliphatic rings. The highest BCUT2D eigenvalue weighted by atomic mass is 35.5. The molecule has 0 spiro atoms. The van der Waals surface area contributed by atoms with E-state index in [0.717, 1.165) is 37.7 Å². The number of rotatable bonds is 6. The van der Waals surface area contributed by atoms with Crippen molar-refractivity contribution in [3.63, 3.8) is 0 Å². The number of anilines is 1. The average Bonchev–Trinajstić information content (AvgIpc) is 2.65. The molecule has 27 heavy (non-hydrogen) atoms. The molecule has 8 heteroatoms. The van der Waals surface area contributed by atoms with E-state index in [0.29, 0.717) is 5.69 Å². The third-order valence-corrected chi connectivity index (χ3v) is 4.74. The minimum absolute atomic E-state index is 0.0383. The fourth-order valence-corrected chi connectivity index (χ4v) is 3.18. The second kappa shape index (κ2) is 8.94. The van der Waals surface area contributed by atoms with E-state index < -0.39 is 4.92 Å². The van der Waals surface area contributed by atoms with Crippen LogP contribution in [0.4, 0.5) is 11.4 Å². The zero-order chi connectivity index (χ0) is 19.2. The Balaban J connectivity index is 1.44. The molecule has 0 atom stereocenters. The molecule has 0 bridgehead atoms. The van der Waals surface area contributed by atoms with E-state index in [4.69, 9.17) is 11.6 Å². The molecule has 0 aliphatic carbocycles. The Hall–Kier alpha value is -2.48. The van der Waals surface area contributed by atoms with Crippen LogP contribution in [0.5, 0.6) is 0 Å². The van der Waals surface area contributed by atoms with Crippen molar-refractivity contribution >= 4 is 28.9 Å². The Morgan fingerprint density at radius 1 is 1.07 bits per heavy atom. The molecule has 0 saturated carbocycles. The summed E-state index contributed by atoms with van der Waals surface area (Å²) in [5.41, 5.74) is 1.62. The number of hydrogen-bond donors (Lipinski definition) is 1. The topological polar surface area (TPSA) is 78.7 Å². The van der Waals surface area contributed by atoms with Gasteiger partial charge in [0.1, 0.15) is 0 Å². The van der Waals surface area contributed by atoms with Crippen molar-refractivity contribution in [2.24, 2.45) is 0 Å². The Bertz CT molecular complexity index is 805. The minimum Gasteiger partial charge on any atom is -0.325 e. The predicted molar refractivity (Wildman–Crippen MR) is 105 cm³/mol. The molecule has 0 aromatic heterocycles. The van der Waals surface area contributed by atoms with Crippen LogP contribution in [0.15, 0.2) is 48.5 Å². The third-order valence-electron chi connectivity index (χ3n) is 4.49. The number of hydrogen-bond acceptors (Lipinski definition) is 5. The molecule has 1 saturated heterocycles. The summed E-state index contributed by atoms with van der Waals surface area (Å²) in [5, 5.41) is 14.3. The van der Waals surface area contributed by atoms with Gasteiger partial charge < -0.3 is 5.32 Å². The standard InChI is InChI=1S/C19H21ClN4O3/c20-16-6-4-15(5-7-16)13-22-8-10-23(11-9-22)14-19(25)21-17-2-1-3-18(12-17)24(26)27/h1-7,12H,8-11,13-14H2,(H,21,25). The van der Waals surface area contributed by atoms with E-state index in [1.807, 2.05) is 24.3 Å². The Morgan fingerprint density at radius 2 is 1.74 bits per heavy atom. The van der Waals surface area contributed by atoms with E-state index in [1.165, 1.54) is 17.7 Å². The number of nitrogens with one attached hydrogen (secondary N) is 1. The Morgan fingerprint density at radius 3 is 2.41 bits per heavy atom. The molecule has 1 N–H and O–H groups in total. The summed E-state index contributed by atoms with van der Waals surface area (Å²) >= 11 is 5.91. The Labute approximate surface area is 162 Å². The van der Waals surface area contributed by atoms with Crippen LogP contribution in [0.25, 0.3) is 0 Å². The number of non-ortho nitro benzene ring substituents is 1. The van der Waals surface area contributed by atoms with Gasteiger partial charge in [-0.05, 0) is 23.8 Å². The molecule has 1 fully saturated rings. The number of benzene rings is 2. The molecule has 142 valence electrons. The van der Waals surface area contributed by atoms with E-state index in [1.54, 1.807) is 12.1 Å². The third kappa shape index (κ3) is 5.75. The van der Waals surface area contributed by atoms with Crippen LogP contribution < -0.4 is 5.32 Å². The molecule has 1 aliphatic heterocycles. The van der Waals surface area contributed by atoms with Gasteiger partial charge in [-0.2, -0.15) is 0 Å². The quantitative estimate of drug-likeness (QED) is 0.608. The van der Waals surface area contributed by atoms with Crippen molar-refractivity contribution < 1.29 is 9.72 Å². The van der Waals surface area contributed by atoms with Crippen LogP contribution in [0, 0.1) is 10.1 Å². The highest BCUT2D eigenvalue weighted by Crippen LogP contribution is 2.17. The smallest absolute Gasteiger partial charge is 0.271 e. The lowest BCUT2D eigenvalue weighted by atomic mass is 10.2.